The second kappa shape index (κ2) is 2.55. The second-order valence-electron chi connectivity index (χ2n) is 6.83. The maximum Gasteiger partial charge on any atom is 0.124 e. The predicted molar refractivity (Wildman–Crippen MR) is 68.3 cm³/mol. The topological polar surface area (TPSA) is 9.23 Å². The summed E-state index contributed by atoms with van der Waals surface area (Å²) in [5.41, 5.74) is 2.12. The van der Waals surface area contributed by atoms with Gasteiger partial charge in [-0.15, -0.1) is 0 Å². The minimum atomic E-state index is 0.0314. The van der Waals surface area contributed by atoms with Crippen LogP contribution in [0, 0.1) is 11.3 Å². The molecule has 1 aromatic rings. The van der Waals surface area contributed by atoms with Crippen LogP contribution in [0.3, 0.4) is 0 Å². The molecule has 0 aromatic heterocycles. The third kappa shape index (κ3) is 0.811. The normalized spacial score (nSPS) is 49.9. The summed E-state index contributed by atoms with van der Waals surface area (Å²) >= 11 is 0. The van der Waals surface area contributed by atoms with Gasteiger partial charge in [0.1, 0.15) is 11.4 Å². The number of benzene rings is 1. The Morgan fingerprint density at radius 2 is 1.94 bits per heavy atom. The molecule has 2 bridgehead atoms. The Morgan fingerprint density at radius 3 is 2.76 bits per heavy atom. The van der Waals surface area contributed by atoms with Crippen molar-refractivity contribution in [2.45, 2.75) is 51.0 Å². The van der Waals surface area contributed by atoms with Gasteiger partial charge in [0.15, 0.2) is 0 Å². The molecule has 2 fully saturated rings. The van der Waals surface area contributed by atoms with Crippen LogP contribution < -0.4 is 4.74 Å². The molecule has 3 aliphatic rings. The van der Waals surface area contributed by atoms with Gasteiger partial charge in [0, 0.05) is 11.0 Å². The van der Waals surface area contributed by atoms with Gasteiger partial charge < -0.3 is 4.74 Å². The number of hydrogen-bond donors (Lipinski definition) is 0. The van der Waals surface area contributed by atoms with Crippen molar-refractivity contribution in [3.8, 4) is 5.75 Å². The lowest BCUT2D eigenvalue weighted by Gasteiger charge is -2.48. The quantitative estimate of drug-likeness (QED) is 0.654. The highest BCUT2D eigenvalue weighted by molar-refractivity contribution is 5.51. The number of rotatable bonds is 0. The third-order valence-electron chi connectivity index (χ3n) is 6.47. The van der Waals surface area contributed by atoms with Gasteiger partial charge in [-0.2, -0.15) is 0 Å². The molecule has 0 spiro atoms. The minimum Gasteiger partial charge on any atom is -0.486 e. The van der Waals surface area contributed by atoms with E-state index in [1.165, 1.54) is 24.8 Å². The maximum atomic E-state index is 6.42. The summed E-state index contributed by atoms with van der Waals surface area (Å²) in [5, 5.41) is 0. The van der Waals surface area contributed by atoms with Crippen LogP contribution in [0.5, 0.6) is 5.75 Å². The molecule has 1 heterocycles. The number of fused-ring (bicyclic) bond motifs is 7. The Hall–Kier alpha value is -0.980. The summed E-state index contributed by atoms with van der Waals surface area (Å²) in [4.78, 5) is 0. The molecule has 1 nitrogen and oxygen atoms in total. The molecule has 2 saturated carbocycles. The lowest BCUT2D eigenvalue weighted by atomic mass is 9.56. The van der Waals surface area contributed by atoms with Crippen molar-refractivity contribution < 1.29 is 4.74 Å². The van der Waals surface area contributed by atoms with Gasteiger partial charge >= 0.3 is 0 Å². The number of hydrogen-bond acceptors (Lipinski definition) is 1. The Morgan fingerprint density at radius 1 is 1.18 bits per heavy atom. The zero-order chi connectivity index (χ0) is 11.9. The van der Waals surface area contributed by atoms with Crippen LogP contribution in [0.25, 0.3) is 0 Å². The molecule has 2 aliphatic carbocycles. The van der Waals surface area contributed by atoms with E-state index in [1.807, 2.05) is 0 Å². The fourth-order valence-electron chi connectivity index (χ4n) is 5.15. The van der Waals surface area contributed by atoms with Gasteiger partial charge in [-0.25, -0.2) is 0 Å². The zero-order valence-corrected chi connectivity index (χ0v) is 10.9. The van der Waals surface area contributed by atoms with Crippen LogP contribution in [-0.4, -0.2) is 5.60 Å². The maximum absolute atomic E-state index is 6.42. The Bertz CT molecular complexity index is 508. The van der Waals surface area contributed by atoms with Gasteiger partial charge in [0.05, 0.1) is 0 Å². The SMILES string of the molecule is C[C@]12CC[C@H](C1)[C@@]1(C)Oc3ccccc3[C@@]21C. The first-order valence-electron chi connectivity index (χ1n) is 6.80. The molecule has 0 amide bonds. The average molecular weight is 228 g/mol. The van der Waals surface area contributed by atoms with E-state index in [0.29, 0.717) is 5.41 Å². The van der Waals surface area contributed by atoms with E-state index in [9.17, 15) is 0 Å². The van der Waals surface area contributed by atoms with Gasteiger partial charge in [-0.3, -0.25) is 0 Å². The van der Waals surface area contributed by atoms with Crippen molar-refractivity contribution in [3.63, 3.8) is 0 Å². The van der Waals surface area contributed by atoms with Crippen molar-refractivity contribution in [2.24, 2.45) is 11.3 Å². The molecular weight excluding hydrogens is 208 g/mol. The third-order valence-corrected chi connectivity index (χ3v) is 6.47. The van der Waals surface area contributed by atoms with E-state index < -0.39 is 0 Å². The van der Waals surface area contributed by atoms with Gasteiger partial charge in [0.25, 0.3) is 0 Å². The smallest absolute Gasteiger partial charge is 0.124 e. The number of ether oxygens (including phenoxy) is 1. The largest absolute Gasteiger partial charge is 0.486 e. The fourth-order valence-corrected chi connectivity index (χ4v) is 5.15. The standard InChI is InChI=1S/C16H20O/c1-14-9-8-11(10-14)16(3)15(14,2)12-6-4-5-7-13(12)17-16/h4-7,11H,8-10H2,1-3H3/t11-,14+,15+,16-/m1/s1. The molecule has 0 radical (unpaired) electrons. The first-order chi connectivity index (χ1) is 8.01. The molecule has 17 heavy (non-hydrogen) atoms. The number of para-hydroxylation sites is 1. The first kappa shape index (κ1) is 9.99. The van der Waals surface area contributed by atoms with Crippen molar-refractivity contribution in [1.29, 1.82) is 0 Å². The lowest BCUT2D eigenvalue weighted by molar-refractivity contribution is -0.0260. The molecule has 1 aliphatic heterocycles. The van der Waals surface area contributed by atoms with E-state index in [-0.39, 0.29) is 11.0 Å². The summed E-state index contributed by atoms with van der Waals surface area (Å²) in [6.45, 7) is 7.27. The highest BCUT2D eigenvalue weighted by Gasteiger charge is 2.73. The van der Waals surface area contributed by atoms with Crippen molar-refractivity contribution in [2.75, 3.05) is 0 Å². The molecule has 1 heteroatoms. The summed E-state index contributed by atoms with van der Waals surface area (Å²) < 4.78 is 6.42. The molecule has 1 aromatic carbocycles. The van der Waals surface area contributed by atoms with E-state index in [4.69, 9.17) is 4.74 Å². The molecule has 0 saturated heterocycles. The Kier molecular flexibility index (Phi) is 1.50. The summed E-state index contributed by atoms with van der Waals surface area (Å²) in [7, 11) is 0. The molecular formula is C16H20O. The van der Waals surface area contributed by atoms with E-state index in [1.54, 1.807) is 0 Å². The van der Waals surface area contributed by atoms with Gasteiger partial charge in [-0.05, 0) is 43.6 Å². The van der Waals surface area contributed by atoms with Crippen LogP contribution in [0.15, 0.2) is 24.3 Å². The zero-order valence-electron chi connectivity index (χ0n) is 10.9. The van der Waals surface area contributed by atoms with Crippen LogP contribution in [0.2, 0.25) is 0 Å². The summed E-state index contributed by atoms with van der Waals surface area (Å²) in [6, 6.07) is 8.69. The highest BCUT2D eigenvalue weighted by Crippen LogP contribution is 2.73. The Labute approximate surface area is 103 Å². The van der Waals surface area contributed by atoms with E-state index in [0.717, 1.165) is 11.7 Å². The van der Waals surface area contributed by atoms with E-state index in [2.05, 4.69) is 45.0 Å². The van der Waals surface area contributed by atoms with Crippen LogP contribution in [0.4, 0.5) is 0 Å². The molecule has 4 atom stereocenters. The molecule has 0 unspecified atom stereocenters. The van der Waals surface area contributed by atoms with E-state index >= 15 is 0 Å². The summed E-state index contributed by atoms with van der Waals surface area (Å²) in [6.07, 6.45) is 4.05. The van der Waals surface area contributed by atoms with Crippen LogP contribution in [0.1, 0.15) is 45.6 Å². The van der Waals surface area contributed by atoms with Gasteiger partial charge in [0.2, 0.25) is 0 Å². The molecule has 0 N–H and O–H groups in total. The van der Waals surface area contributed by atoms with Gasteiger partial charge in [-0.1, -0.05) is 32.0 Å². The lowest BCUT2D eigenvalue weighted by Crippen LogP contribution is -2.54. The Balaban J connectivity index is 2.02. The molecule has 90 valence electrons. The fraction of sp³-hybridized carbons (Fsp3) is 0.625. The first-order valence-corrected chi connectivity index (χ1v) is 6.80. The highest BCUT2D eigenvalue weighted by atomic mass is 16.5. The van der Waals surface area contributed by atoms with Crippen molar-refractivity contribution in [3.05, 3.63) is 29.8 Å². The second-order valence-corrected chi connectivity index (χ2v) is 6.83. The minimum absolute atomic E-state index is 0.0314. The van der Waals surface area contributed by atoms with Crippen LogP contribution in [-0.2, 0) is 5.41 Å². The van der Waals surface area contributed by atoms with Crippen molar-refractivity contribution >= 4 is 0 Å². The van der Waals surface area contributed by atoms with Crippen molar-refractivity contribution in [1.82, 2.24) is 0 Å². The predicted octanol–water partition coefficient (Wildman–Crippen LogP) is 3.92. The summed E-state index contributed by atoms with van der Waals surface area (Å²) in [5.74, 6) is 1.88. The van der Waals surface area contributed by atoms with Crippen LogP contribution >= 0.6 is 0 Å². The average Bonchev–Trinajstić information content (AvgIpc) is 2.85. The molecule has 4 rings (SSSR count). The monoisotopic (exact) mass is 228 g/mol.